The van der Waals surface area contributed by atoms with Crippen molar-refractivity contribution in [2.24, 2.45) is 0 Å². The Morgan fingerprint density at radius 1 is 1.42 bits per heavy atom. The third kappa shape index (κ3) is 3.14. The van der Waals surface area contributed by atoms with Crippen LogP contribution in [0.1, 0.15) is 4.88 Å². The van der Waals surface area contributed by atoms with Crippen molar-refractivity contribution in [1.29, 1.82) is 0 Å². The highest BCUT2D eigenvalue weighted by molar-refractivity contribution is 9.10. The van der Waals surface area contributed by atoms with Crippen LogP contribution in [-0.2, 0) is 0 Å². The van der Waals surface area contributed by atoms with E-state index in [0.29, 0.717) is 0 Å². The molecule has 12 heavy (non-hydrogen) atoms. The molecular formula is C9H11BrSSi. The predicted octanol–water partition coefficient (Wildman–Crippen LogP) is 3.74. The molecule has 0 amide bonds. The molecular weight excluding hydrogens is 248 g/mol. The SMILES string of the molecule is C[Si](C)(C)C#Cc1sccc1Br. The largest absolute Gasteiger partial charge is 0.134 e. The van der Waals surface area contributed by atoms with Crippen LogP contribution in [0, 0.1) is 11.5 Å². The van der Waals surface area contributed by atoms with Crippen LogP contribution in [0.5, 0.6) is 0 Å². The van der Waals surface area contributed by atoms with Gasteiger partial charge < -0.3 is 0 Å². The Hall–Kier alpha value is -0.0431. The quantitative estimate of drug-likeness (QED) is 0.492. The van der Waals surface area contributed by atoms with Crippen LogP contribution in [0.15, 0.2) is 15.9 Å². The van der Waals surface area contributed by atoms with Crippen LogP contribution < -0.4 is 0 Å². The molecule has 0 saturated carbocycles. The highest BCUT2D eigenvalue weighted by Crippen LogP contribution is 2.21. The molecule has 1 aromatic heterocycles. The zero-order valence-corrected chi connectivity index (χ0v) is 10.8. The summed E-state index contributed by atoms with van der Waals surface area (Å²) in [6, 6.07) is 2.04. The summed E-state index contributed by atoms with van der Waals surface area (Å²) >= 11 is 5.15. The van der Waals surface area contributed by atoms with Gasteiger partial charge in [-0.2, -0.15) is 0 Å². The lowest BCUT2D eigenvalue weighted by Gasteiger charge is -2.02. The van der Waals surface area contributed by atoms with Crippen LogP contribution in [0.2, 0.25) is 19.6 Å². The molecule has 0 atom stereocenters. The predicted molar refractivity (Wildman–Crippen MR) is 62.2 cm³/mol. The number of thiophene rings is 1. The Morgan fingerprint density at radius 2 is 2.08 bits per heavy atom. The van der Waals surface area contributed by atoms with Crippen LogP contribution in [0.25, 0.3) is 0 Å². The fourth-order valence-electron chi connectivity index (χ4n) is 0.627. The summed E-state index contributed by atoms with van der Waals surface area (Å²) in [5, 5.41) is 2.05. The van der Waals surface area contributed by atoms with Crippen molar-refractivity contribution in [3.05, 3.63) is 20.8 Å². The Kier molecular flexibility index (Phi) is 3.16. The minimum Gasteiger partial charge on any atom is -0.134 e. The average molecular weight is 259 g/mol. The number of hydrogen-bond donors (Lipinski definition) is 0. The van der Waals surface area contributed by atoms with E-state index in [9.17, 15) is 0 Å². The Bertz CT molecular complexity index is 324. The normalized spacial score (nSPS) is 10.7. The molecule has 0 unspecified atom stereocenters. The highest BCUT2D eigenvalue weighted by Gasteiger charge is 2.07. The summed E-state index contributed by atoms with van der Waals surface area (Å²) in [6.07, 6.45) is 0. The standard InChI is InChI=1S/C9H11BrSSi/c1-12(2,3)7-5-9-8(10)4-6-11-9/h4,6H,1-3H3. The monoisotopic (exact) mass is 258 g/mol. The summed E-state index contributed by atoms with van der Waals surface area (Å²) in [7, 11) is -1.21. The molecule has 0 aliphatic rings. The van der Waals surface area contributed by atoms with Gasteiger partial charge in [0.2, 0.25) is 0 Å². The highest BCUT2D eigenvalue weighted by atomic mass is 79.9. The number of halogens is 1. The summed E-state index contributed by atoms with van der Waals surface area (Å²) in [5.74, 6) is 3.22. The average Bonchev–Trinajstić information content (AvgIpc) is 2.29. The molecule has 3 heteroatoms. The van der Waals surface area contributed by atoms with E-state index in [4.69, 9.17) is 0 Å². The zero-order chi connectivity index (χ0) is 9.19. The lowest BCUT2D eigenvalue weighted by Crippen LogP contribution is -2.16. The van der Waals surface area contributed by atoms with Crippen LogP contribution in [0.4, 0.5) is 0 Å². The molecule has 0 aromatic carbocycles. The van der Waals surface area contributed by atoms with Gasteiger partial charge in [0.15, 0.2) is 0 Å². The fraction of sp³-hybridized carbons (Fsp3) is 0.333. The van der Waals surface area contributed by atoms with Crippen LogP contribution in [0.3, 0.4) is 0 Å². The molecule has 0 fully saturated rings. The first-order chi connectivity index (χ1) is 5.49. The van der Waals surface area contributed by atoms with Gasteiger partial charge in [0, 0.05) is 4.47 Å². The van der Waals surface area contributed by atoms with Gasteiger partial charge in [0.1, 0.15) is 8.07 Å². The maximum atomic E-state index is 3.46. The minimum atomic E-state index is -1.21. The van der Waals surface area contributed by atoms with Crippen LogP contribution >= 0.6 is 27.3 Å². The van der Waals surface area contributed by atoms with Crippen molar-refractivity contribution >= 4 is 35.3 Å². The van der Waals surface area contributed by atoms with Crippen molar-refractivity contribution in [2.75, 3.05) is 0 Å². The molecule has 0 radical (unpaired) electrons. The van der Waals surface area contributed by atoms with Gasteiger partial charge in [-0.25, -0.2) is 0 Å². The molecule has 1 rings (SSSR count). The minimum absolute atomic E-state index is 1.12. The summed E-state index contributed by atoms with van der Waals surface area (Å²) in [5.41, 5.74) is 3.33. The zero-order valence-electron chi connectivity index (χ0n) is 7.44. The maximum Gasteiger partial charge on any atom is 0.129 e. The van der Waals surface area contributed by atoms with E-state index in [0.717, 1.165) is 9.35 Å². The molecule has 0 aliphatic heterocycles. The van der Waals surface area contributed by atoms with Gasteiger partial charge in [-0.05, 0) is 27.4 Å². The molecule has 1 heterocycles. The molecule has 0 spiro atoms. The third-order valence-electron chi connectivity index (χ3n) is 1.17. The third-order valence-corrected chi connectivity index (χ3v) is 3.80. The first kappa shape index (κ1) is 10.0. The van der Waals surface area contributed by atoms with Crippen molar-refractivity contribution in [1.82, 2.24) is 0 Å². The van der Waals surface area contributed by atoms with E-state index in [1.807, 2.05) is 6.07 Å². The molecule has 0 bridgehead atoms. The topological polar surface area (TPSA) is 0 Å². The van der Waals surface area contributed by atoms with Crippen molar-refractivity contribution < 1.29 is 0 Å². The second-order valence-electron chi connectivity index (χ2n) is 3.60. The Balaban J connectivity index is 2.87. The first-order valence-corrected chi connectivity index (χ1v) is 8.92. The Labute approximate surface area is 87.1 Å². The summed E-state index contributed by atoms with van der Waals surface area (Å²) in [6.45, 7) is 6.75. The molecule has 0 N–H and O–H groups in total. The molecule has 0 nitrogen and oxygen atoms in total. The van der Waals surface area contributed by atoms with Crippen LogP contribution in [-0.4, -0.2) is 8.07 Å². The van der Waals surface area contributed by atoms with E-state index in [1.54, 1.807) is 11.3 Å². The van der Waals surface area contributed by atoms with Crippen molar-refractivity contribution in [3.63, 3.8) is 0 Å². The van der Waals surface area contributed by atoms with Crippen molar-refractivity contribution in [3.8, 4) is 11.5 Å². The molecule has 0 saturated heterocycles. The van der Waals surface area contributed by atoms with Gasteiger partial charge >= 0.3 is 0 Å². The van der Waals surface area contributed by atoms with Gasteiger partial charge in [0.25, 0.3) is 0 Å². The van der Waals surface area contributed by atoms with E-state index >= 15 is 0 Å². The first-order valence-electron chi connectivity index (χ1n) is 3.75. The maximum absolute atomic E-state index is 3.46. The molecule has 0 aliphatic carbocycles. The summed E-state index contributed by atoms with van der Waals surface area (Å²) < 4.78 is 1.12. The molecule has 64 valence electrons. The summed E-state index contributed by atoms with van der Waals surface area (Å²) in [4.78, 5) is 1.15. The van der Waals surface area contributed by atoms with Gasteiger partial charge in [-0.15, -0.1) is 16.9 Å². The number of hydrogen-bond acceptors (Lipinski definition) is 1. The van der Waals surface area contributed by atoms with Gasteiger partial charge in [0.05, 0.1) is 4.88 Å². The second kappa shape index (κ2) is 3.78. The molecule has 1 aromatic rings. The van der Waals surface area contributed by atoms with E-state index < -0.39 is 8.07 Å². The lowest BCUT2D eigenvalue weighted by atomic mass is 10.5. The van der Waals surface area contributed by atoms with E-state index in [2.05, 4.69) is 52.4 Å². The van der Waals surface area contributed by atoms with Crippen molar-refractivity contribution in [2.45, 2.75) is 19.6 Å². The fourth-order valence-corrected chi connectivity index (χ4v) is 2.54. The Morgan fingerprint density at radius 3 is 2.50 bits per heavy atom. The van der Waals surface area contributed by atoms with E-state index in [-0.39, 0.29) is 0 Å². The smallest absolute Gasteiger partial charge is 0.129 e. The second-order valence-corrected chi connectivity index (χ2v) is 10.1. The number of rotatable bonds is 0. The van der Waals surface area contributed by atoms with E-state index in [1.165, 1.54) is 0 Å². The lowest BCUT2D eigenvalue weighted by molar-refractivity contribution is 1.79. The van der Waals surface area contributed by atoms with Gasteiger partial charge in [-0.3, -0.25) is 0 Å². The van der Waals surface area contributed by atoms with Gasteiger partial charge in [-0.1, -0.05) is 25.6 Å².